The highest BCUT2D eigenvalue weighted by molar-refractivity contribution is 7.92. The molecule has 0 aliphatic heterocycles. The Hall–Kier alpha value is -4.71. The number of aliphatic carboxylic acids is 1. The Morgan fingerprint density at radius 2 is 1.41 bits per heavy atom. The number of halogens is 1. The summed E-state index contributed by atoms with van der Waals surface area (Å²) in [5.41, 5.74) is 3.52. The maximum Gasteiger partial charge on any atom is 0.307 e. The second kappa shape index (κ2) is 14.2. The van der Waals surface area contributed by atoms with E-state index in [0.29, 0.717) is 44.9 Å². The molecule has 9 nitrogen and oxygen atoms in total. The minimum atomic E-state index is -3.42. The van der Waals surface area contributed by atoms with Gasteiger partial charge in [0.15, 0.2) is 5.13 Å². The first-order valence-corrected chi connectivity index (χ1v) is 17.3. The maximum atomic E-state index is 14.5. The maximum absolute atomic E-state index is 14.5. The predicted molar refractivity (Wildman–Crippen MR) is 184 cm³/mol. The third-order valence-corrected chi connectivity index (χ3v) is 9.10. The minimum Gasteiger partial charge on any atom is -0.481 e. The first kappa shape index (κ1) is 32.7. The van der Waals surface area contributed by atoms with E-state index in [4.69, 9.17) is 16.7 Å². The van der Waals surface area contributed by atoms with Crippen molar-refractivity contribution in [3.05, 3.63) is 130 Å². The molecule has 0 bridgehead atoms. The van der Waals surface area contributed by atoms with Crippen molar-refractivity contribution < 1.29 is 23.1 Å². The van der Waals surface area contributed by atoms with Crippen LogP contribution < -0.4 is 15.4 Å². The number of thiazole rings is 1. The summed E-state index contributed by atoms with van der Waals surface area (Å²) in [5.74, 6) is -1.18. The zero-order valence-electron chi connectivity index (χ0n) is 24.7. The molecule has 0 saturated heterocycles. The largest absolute Gasteiger partial charge is 0.481 e. The van der Waals surface area contributed by atoms with Gasteiger partial charge >= 0.3 is 5.97 Å². The lowest BCUT2D eigenvalue weighted by atomic mass is 9.71. The van der Waals surface area contributed by atoms with Gasteiger partial charge in [-0.25, -0.2) is 13.4 Å². The van der Waals surface area contributed by atoms with Gasteiger partial charge in [0.25, 0.3) is 0 Å². The Morgan fingerprint density at radius 3 is 1.96 bits per heavy atom. The van der Waals surface area contributed by atoms with Crippen LogP contribution >= 0.6 is 22.9 Å². The highest BCUT2D eigenvalue weighted by atomic mass is 35.5. The van der Waals surface area contributed by atoms with E-state index in [2.05, 4.69) is 20.3 Å². The first-order chi connectivity index (χ1) is 22.0. The second-order valence-electron chi connectivity index (χ2n) is 10.6. The average Bonchev–Trinajstić information content (AvgIpc) is 3.39. The van der Waals surface area contributed by atoms with Crippen LogP contribution in [0.25, 0.3) is 11.3 Å². The average molecular weight is 675 g/mol. The van der Waals surface area contributed by atoms with Gasteiger partial charge in [-0.3, -0.25) is 14.3 Å². The molecule has 4 aromatic carbocycles. The summed E-state index contributed by atoms with van der Waals surface area (Å²) < 4.78 is 26.0. The van der Waals surface area contributed by atoms with Crippen molar-refractivity contribution in [1.29, 1.82) is 0 Å². The van der Waals surface area contributed by atoms with Gasteiger partial charge in [-0.2, -0.15) is 0 Å². The lowest BCUT2D eigenvalue weighted by Gasteiger charge is -2.34. The van der Waals surface area contributed by atoms with E-state index in [-0.39, 0.29) is 12.3 Å². The van der Waals surface area contributed by atoms with Gasteiger partial charge in [0.05, 0.1) is 12.7 Å². The smallest absolute Gasteiger partial charge is 0.307 e. The number of hydrogen-bond acceptors (Lipinski definition) is 7. The van der Waals surface area contributed by atoms with Crippen molar-refractivity contribution in [3.8, 4) is 11.3 Å². The Labute approximate surface area is 276 Å². The van der Waals surface area contributed by atoms with Crippen molar-refractivity contribution >= 4 is 61.3 Å². The molecule has 0 fully saturated rings. The summed E-state index contributed by atoms with van der Waals surface area (Å²) in [4.78, 5) is 30.2. The standard InChI is InChI=1S/C34H31ClN4O5S2/c1-46(43,44)39-28-18-14-24(15-19-28)30-31(35)45-33(37-30)38-32(42)34(25-8-4-2-5-9-25,26-10-6-3-7-11-26)20-21-36-27-16-12-23(13-17-27)22-29(40)41/h2-19,36,39H,20-22H2,1H3,(H,40,41)(H,37,38,42). The van der Waals surface area contributed by atoms with Crippen LogP contribution in [0.15, 0.2) is 109 Å². The molecular weight excluding hydrogens is 644 g/mol. The molecule has 5 aromatic rings. The molecule has 0 aliphatic rings. The summed E-state index contributed by atoms with van der Waals surface area (Å²) in [6, 6.07) is 33.0. The number of carbonyl (C=O) groups is 2. The van der Waals surface area contributed by atoms with E-state index in [9.17, 15) is 18.0 Å². The van der Waals surface area contributed by atoms with Gasteiger partial charge in [-0.1, -0.05) is 108 Å². The van der Waals surface area contributed by atoms with Gasteiger partial charge in [-0.15, -0.1) is 0 Å². The zero-order valence-corrected chi connectivity index (χ0v) is 27.1. The monoisotopic (exact) mass is 674 g/mol. The molecule has 0 saturated carbocycles. The van der Waals surface area contributed by atoms with Crippen molar-refractivity contribution in [1.82, 2.24) is 4.98 Å². The zero-order chi connectivity index (χ0) is 32.7. The van der Waals surface area contributed by atoms with Crippen LogP contribution in [0.5, 0.6) is 0 Å². The van der Waals surface area contributed by atoms with Crippen molar-refractivity contribution in [2.24, 2.45) is 0 Å². The molecule has 1 amide bonds. The normalized spacial score (nSPS) is 11.5. The topological polar surface area (TPSA) is 137 Å². The SMILES string of the molecule is CS(=O)(=O)Nc1ccc(-c2nc(NC(=O)C(CCNc3ccc(CC(=O)O)cc3)(c3ccccc3)c3ccccc3)sc2Cl)cc1. The fourth-order valence-electron chi connectivity index (χ4n) is 5.23. The van der Waals surface area contributed by atoms with Crippen molar-refractivity contribution in [2.45, 2.75) is 18.3 Å². The van der Waals surface area contributed by atoms with E-state index in [0.717, 1.165) is 34.4 Å². The third-order valence-electron chi connectivity index (χ3n) is 7.33. The highest BCUT2D eigenvalue weighted by Crippen LogP contribution is 2.40. The predicted octanol–water partition coefficient (Wildman–Crippen LogP) is 6.89. The summed E-state index contributed by atoms with van der Waals surface area (Å²) in [6.07, 6.45) is 1.40. The van der Waals surface area contributed by atoms with Gasteiger partial charge < -0.3 is 15.7 Å². The lowest BCUT2D eigenvalue weighted by molar-refractivity contribution is -0.136. The van der Waals surface area contributed by atoms with E-state index in [1.165, 1.54) is 0 Å². The van der Waals surface area contributed by atoms with Crippen LogP contribution in [0, 0.1) is 0 Å². The van der Waals surface area contributed by atoms with Crippen LogP contribution in [0.4, 0.5) is 16.5 Å². The number of carboxylic acid groups (broad SMARTS) is 1. The van der Waals surface area contributed by atoms with Crippen LogP contribution in [0.3, 0.4) is 0 Å². The van der Waals surface area contributed by atoms with Crippen LogP contribution in [0.1, 0.15) is 23.1 Å². The Kier molecular flexibility index (Phi) is 10.1. The van der Waals surface area contributed by atoms with Gasteiger partial charge in [0.1, 0.15) is 15.4 Å². The molecule has 5 rings (SSSR count). The van der Waals surface area contributed by atoms with Gasteiger partial charge in [0.2, 0.25) is 15.9 Å². The number of anilines is 3. The molecule has 236 valence electrons. The molecule has 4 N–H and O–H groups in total. The molecule has 0 atom stereocenters. The molecule has 0 aliphatic carbocycles. The third kappa shape index (κ3) is 7.92. The number of carboxylic acids is 1. The van der Waals surface area contributed by atoms with Crippen molar-refractivity contribution in [2.75, 3.05) is 28.2 Å². The summed E-state index contributed by atoms with van der Waals surface area (Å²) in [6.45, 7) is 0.424. The van der Waals surface area contributed by atoms with Gasteiger partial charge in [-0.05, 0) is 47.4 Å². The lowest BCUT2D eigenvalue weighted by Crippen LogP contribution is -2.43. The highest BCUT2D eigenvalue weighted by Gasteiger charge is 2.42. The fraction of sp³-hybridized carbons (Fsp3) is 0.147. The Morgan fingerprint density at radius 1 is 0.848 bits per heavy atom. The number of hydrogen-bond donors (Lipinski definition) is 4. The quantitative estimate of drug-likeness (QED) is 0.107. The molecule has 0 unspecified atom stereocenters. The number of benzene rings is 4. The molecule has 0 spiro atoms. The summed E-state index contributed by atoms with van der Waals surface area (Å²) in [5, 5.41) is 15.8. The number of nitrogens with one attached hydrogen (secondary N) is 3. The van der Waals surface area contributed by atoms with E-state index in [1.807, 2.05) is 72.8 Å². The number of carbonyl (C=O) groups excluding carboxylic acids is 1. The number of rotatable bonds is 13. The number of sulfonamides is 1. The van der Waals surface area contributed by atoms with Crippen LogP contribution in [0.2, 0.25) is 4.34 Å². The fourth-order valence-corrected chi connectivity index (χ4v) is 6.88. The molecular formula is C34H31ClN4O5S2. The summed E-state index contributed by atoms with van der Waals surface area (Å²) >= 11 is 7.74. The Bertz CT molecular complexity index is 1880. The van der Waals surface area contributed by atoms with E-state index in [1.54, 1.807) is 36.4 Å². The molecule has 1 heterocycles. The number of aromatic nitrogens is 1. The molecule has 0 radical (unpaired) electrons. The molecule has 1 aromatic heterocycles. The van der Waals surface area contributed by atoms with Crippen LogP contribution in [-0.4, -0.2) is 43.2 Å². The number of nitrogens with zero attached hydrogens (tertiary/aromatic N) is 1. The summed E-state index contributed by atoms with van der Waals surface area (Å²) in [7, 11) is -3.42. The van der Waals surface area contributed by atoms with Crippen LogP contribution in [-0.2, 0) is 31.4 Å². The Balaban J connectivity index is 1.44. The van der Waals surface area contributed by atoms with Gasteiger partial charge in [0, 0.05) is 23.5 Å². The van der Waals surface area contributed by atoms with E-state index >= 15 is 0 Å². The van der Waals surface area contributed by atoms with E-state index < -0.39 is 21.4 Å². The first-order valence-electron chi connectivity index (χ1n) is 14.3. The minimum absolute atomic E-state index is 0.0558. The molecule has 12 heteroatoms. The molecule has 46 heavy (non-hydrogen) atoms. The second-order valence-corrected chi connectivity index (χ2v) is 14.0. The number of amides is 1. The van der Waals surface area contributed by atoms with Crippen molar-refractivity contribution in [3.63, 3.8) is 0 Å².